The second-order valence-corrected chi connectivity index (χ2v) is 12.7. The quantitative estimate of drug-likeness (QED) is 0.0610. The molecule has 2 rings (SSSR count). The third-order valence-corrected chi connectivity index (χ3v) is 8.73. The van der Waals surface area contributed by atoms with Gasteiger partial charge in [0.1, 0.15) is 0 Å². The third-order valence-electron chi connectivity index (χ3n) is 8.73. The molecule has 0 saturated heterocycles. The number of nitrogens with zero attached hydrogens (tertiary/aromatic N) is 2. The van der Waals surface area contributed by atoms with Gasteiger partial charge in [0, 0.05) is 16.5 Å². The normalized spacial score (nSPS) is 12.2. The van der Waals surface area contributed by atoms with Gasteiger partial charge in [0.25, 0.3) is 0 Å². The molecule has 2 aromatic carbocycles. The standard InChI is InChI=1S/C42H66N2.Ni/c1-7-13-18-24-35-29-31-39(33-37(35)26-20-15-9-3)43-41(23-12-6)42(28-22-17-11-5)44-40-32-30-36(25-19-14-8-2)38(34-40)27-21-16-10-4;/h12,23,29-34H,7-11,13-22,24-28H2,1-6H3;/b23-12-,43-41?,44-42?;. The minimum absolute atomic E-state index is 0. The Balaban J connectivity index is 0.0000101. The predicted octanol–water partition coefficient (Wildman–Crippen LogP) is 13.6. The smallest absolute Gasteiger partial charge is 0.0848 e. The number of aliphatic imine (C=N–C) groups is 2. The monoisotopic (exact) mass is 656 g/mol. The first-order valence-electron chi connectivity index (χ1n) is 18.6. The van der Waals surface area contributed by atoms with Gasteiger partial charge in [-0.25, -0.2) is 4.99 Å². The molecule has 0 bridgehead atoms. The largest absolute Gasteiger partial charge is 0.251 e. The fraction of sp³-hybridized carbons (Fsp3) is 0.619. The van der Waals surface area contributed by atoms with Crippen molar-refractivity contribution in [2.45, 2.75) is 170 Å². The minimum atomic E-state index is 0. The molecule has 0 aliphatic rings. The van der Waals surface area contributed by atoms with Crippen molar-refractivity contribution >= 4 is 22.8 Å². The van der Waals surface area contributed by atoms with Crippen molar-refractivity contribution in [3.8, 4) is 0 Å². The van der Waals surface area contributed by atoms with E-state index in [-0.39, 0.29) is 16.5 Å². The Bertz CT molecular complexity index is 1140. The van der Waals surface area contributed by atoms with E-state index in [0.29, 0.717) is 0 Å². The molecule has 0 spiro atoms. The van der Waals surface area contributed by atoms with E-state index < -0.39 is 0 Å². The molecule has 0 aliphatic heterocycles. The zero-order chi connectivity index (χ0) is 31.8. The summed E-state index contributed by atoms with van der Waals surface area (Å²) in [6.45, 7) is 13.5. The maximum Gasteiger partial charge on any atom is 0.0848 e. The topological polar surface area (TPSA) is 24.7 Å². The summed E-state index contributed by atoms with van der Waals surface area (Å²) in [5.74, 6) is 0. The van der Waals surface area contributed by atoms with Crippen LogP contribution in [0.4, 0.5) is 11.4 Å². The first kappa shape index (κ1) is 41.0. The van der Waals surface area contributed by atoms with Crippen molar-refractivity contribution in [2.24, 2.45) is 9.98 Å². The van der Waals surface area contributed by atoms with Crippen LogP contribution in [0.25, 0.3) is 0 Å². The molecule has 0 unspecified atom stereocenters. The number of hydrogen-bond donors (Lipinski definition) is 0. The maximum absolute atomic E-state index is 5.36. The van der Waals surface area contributed by atoms with Crippen LogP contribution in [-0.2, 0) is 42.2 Å². The van der Waals surface area contributed by atoms with Gasteiger partial charge in [0.05, 0.1) is 22.8 Å². The molecule has 0 saturated carbocycles. The van der Waals surface area contributed by atoms with Gasteiger partial charge in [0.15, 0.2) is 0 Å². The molecule has 0 N–H and O–H groups in total. The van der Waals surface area contributed by atoms with Crippen LogP contribution in [0.1, 0.15) is 167 Å². The van der Waals surface area contributed by atoms with E-state index in [0.717, 1.165) is 48.5 Å². The summed E-state index contributed by atoms with van der Waals surface area (Å²) in [5, 5.41) is 0. The van der Waals surface area contributed by atoms with Crippen LogP contribution in [0.15, 0.2) is 58.5 Å². The zero-order valence-electron chi connectivity index (χ0n) is 30.0. The summed E-state index contributed by atoms with van der Waals surface area (Å²) in [6.07, 6.45) is 28.8. The molecule has 0 aromatic heterocycles. The van der Waals surface area contributed by atoms with E-state index >= 15 is 0 Å². The number of hydrogen-bond acceptors (Lipinski definition) is 2. The van der Waals surface area contributed by atoms with Gasteiger partial charge in [-0.1, -0.05) is 117 Å². The summed E-state index contributed by atoms with van der Waals surface area (Å²) in [4.78, 5) is 10.7. The Labute approximate surface area is 289 Å². The molecule has 0 amide bonds. The van der Waals surface area contributed by atoms with Gasteiger partial charge in [-0.05, 0) is 124 Å². The Morgan fingerprint density at radius 3 is 1.33 bits per heavy atom. The Kier molecular flexibility index (Phi) is 23.8. The third kappa shape index (κ3) is 16.4. The van der Waals surface area contributed by atoms with Crippen LogP contribution in [0.3, 0.4) is 0 Å². The molecule has 0 radical (unpaired) electrons. The first-order valence-corrected chi connectivity index (χ1v) is 18.6. The minimum Gasteiger partial charge on any atom is -0.251 e. The van der Waals surface area contributed by atoms with Crippen molar-refractivity contribution in [1.82, 2.24) is 0 Å². The molecular weight excluding hydrogens is 591 g/mol. The molecule has 0 heterocycles. The van der Waals surface area contributed by atoms with Gasteiger partial charge in [-0.3, -0.25) is 4.99 Å². The average molecular weight is 658 g/mol. The van der Waals surface area contributed by atoms with Crippen molar-refractivity contribution in [2.75, 3.05) is 0 Å². The summed E-state index contributed by atoms with van der Waals surface area (Å²) >= 11 is 0. The van der Waals surface area contributed by atoms with Crippen LogP contribution in [0, 0.1) is 0 Å². The maximum atomic E-state index is 5.36. The zero-order valence-corrected chi connectivity index (χ0v) is 31.0. The van der Waals surface area contributed by atoms with Crippen LogP contribution < -0.4 is 0 Å². The summed E-state index contributed by atoms with van der Waals surface area (Å²) in [6, 6.07) is 14.0. The van der Waals surface area contributed by atoms with Crippen molar-refractivity contribution < 1.29 is 16.5 Å². The first-order chi connectivity index (χ1) is 21.6. The van der Waals surface area contributed by atoms with Crippen LogP contribution in [0.5, 0.6) is 0 Å². The molecule has 0 aliphatic carbocycles. The Hall–Kier alpha value is -1.99. The number of allylic oxidation sites excluding steroid dienone is 2. The summed E-state index contributed by atoms with van der Waals surface area (Å²) in [7, 11) is 0. The average Bonchev–Trinajstić information content (AvgIpc) is 3.03. The summed E-state index contributed by atoms with van der Waals surface area (Å²) < 4.78 is 0. The fourth-order valence-corrected chi connectivity index (χ4v) is 6.01. The van der Waals surface area contributed by atoms with Crippen LogP contribution >= 0.6 is 0 Å². The molecule has 45 heavy (non-hydrogen) atoms. The number of benzene rings is 2. The van der Waals surface area contributed by atoms with Crippen molar-refractivity contribution in [1.29, 1.82) is 0 Å². The van der Waals surface area contributed by atoms with Crippen molar-refractivity contribution in [3.05, 3.63) is 70.8 Å². The van der Waals surface area contributed by atoms with Crippen molar-refractivity contribution in [3.63, 3.8) is 0 Å². The van der Waals surface area contributed by atoms with Gasteiger partial charge in [-0.15, -0.1) is 0 Å². The Morgan fingerprint density at radius 2 is 0.911 bits per heavy atom. The number of rotatable bonds is 24. The summed E-state index contributed by atoms with van der Waals surface area (Å²) in [5.41, 5.74) is 10.3. The van der Waals surface area contributed by atoms with Crippen LogP contribution in [0.2, 0.25) is 0 Å². The molecular formula is C42H66N2Ni. The number of aryl methyl sites for hydroxylation is 4. The second-order valence-electron chi connectivity index (χ2n) is 12.7. The molecule has 0 atom stereocenters. The Morgan fingerprint density at radius 1 is 0.511 bits per heavy atom. The molecule has 254 valence electrons. The molecule has 2 nitrogen and oxygen atoms in total. The van der Waals surface area contributed by atoms with Gasteiger partial charge >= 0.3 is 0 Å². The van der Waals surface area contributed by atoms with Crippen LogP contribution in [-0.4, -0.2) is 11.4 Å². The van der Waals surface area contributed by atoms with Gasteiger partial charge in [-0.2, -0.15) is 0 Å². The SMILES string of the molecule is C/C=C\C(=Nc1ccc(CCCCC)c(CCCCC)c1)C(CCCCC)=Nc1ccc(CCCCC)c(CCCCC)c1.[Ni]. The number of unbranched alkanes of at least 4 members (excludes halogenated alkanes) is 10. The van der Waals surface area contributed by atoms with E-state index in [1.54, 1.807) is 0 Å². The van der Waals surface area contributed by atoms with E-state index in [4.69, 9.17) is 9.98 Å². The molecule has 2 aromatic rings. The predicted molar refractivity (Wildman–Crippen MR) is 199 cm³/mol. The second kappa shape index (κ2) is 26.1. The molecule has 0 fully saturated rings. The van der Waals surface area contributed by atoms with Gasteiger partial charge in [0.2, 0.25) is 0 Å². The van der Waals surface area contributed by atoms with E-state index in [2.05, 4.69) is 90.1 Å². The van der Waals surface area contributed by atoms with E-state index in [1.165, 1.54) is 125 Å². The fourth-order valence-electron chi connectivity index (χ4n) is 6.01. The van der Waals surface area contributed by atoms with E-state index in [9.17, 15) is 0 Å². The van der Waals surface area contributed by atoms with E-state index in [1.807, 2.05) is 0 Å². The molecule has 3 heteroatoms. The van der Waals surface area contributed by atoms with Gasteiger partial charge < -0.3 is 0 Å².